The van der Waals surface area contributed by atoms with E-state index in [2.05, 4.69) is 16.0 Å². The van der Waals surface area contributed by atoms with E-state index in [1.807, 2.05) is 0 Å². The number of carbonyl (C=O) groups is 4. The third kappa shape index (κ3) is 7.60. The van der Waals surface area contributed by atoms with E-state index >= 15 is 0 Å². The molecule has 11 nitrogen and oxygen atoms in total. The Morgan fingerprint density at radius 1 is 1.04 bits per heavy atom. The standard InChI is InChI=1S/C17H24N4O7/c1-9(15(26)19-7-14(24)25)20-17(28)13(21-16(27)12(18)8-22)6-10-2-4-11(23)5-3-10/h2-5,9,12-13,22-23H,6-8,18H2,1H3,(H,19,26)(H,20,28)(H,21,27)(H,24,25). The Bertz CT molecular complexity index is 708. The van der Waals surface area contributed by atoms with E-state index in [9.17, 15) is 24.3 Å². The Hall–Kier alpha value is -3.18. The molecule has 28 heavy (non-hydrogen) atoms. The molecule has 3 amide bonds. The van der Waals surface area contributed by atoms with Gasteiger partial charge in [-0.05, 0) is 24.6 Å². The molecular weight excluding hydrogens is 372 g/mol. The summed E-state index contributed by atoms with van der Waals surface area (Å²) >= 11 is 0. The van der Waals surface area contributed by atoms with Gasteiger partial charge in [0.2, 0.25) is 17.7 Å². The largest absolute Gasteiger partial charge is 0.508 e. The number of nitrogens with two attached hydrogens (primary N) is 1. The molecule has 3 unspecified atom stereocenters. The van der Waals surface area contributed by atoms with E-state index < -0.39 is 55.0 Å². The zero-order chi connectivity index (χ0) is 21.3. The number of phenols is 1. The Morgan fingerprint density at radius 2 is 1.64 bits per heavy atom. The average molecular weight is 396 g/mol. The number of hydrogen-bond acceptors (Lipinski definition) is 7. The van der Waals surface area contributed by atoms with Gasteiger partial charge in [-0.15, -0.1) is 0 Å². The van der Waals surface area contributed by atoms with Crippen LogP contribution >= 0.6 is 0 Å². The van der Waals surface area contributed by atoms with Crippen molar-refractivity contribution in [2.45, 2.75) is 31.5 Å². The van der Waals surface area contributed by atoms with Crippen LogP contribution in [0.3, 0.4) is 0 Å². The van der Waals surface area contributed by atoms with Crippen LogP contribution in [0.25, 0.3) is 0 Å². The average Bonchev–Trinajstić information content (AvgIpc) is 2.66. The first kappa shape index (κ1) is 22.9. The summed E-state index contributed by atoms with van der Waals surface area (Å²) in [5.74, 6) is -3.38. The number of rotatable bonds is 10. The van der Waals surface area contributed by atoms with Crippen LogP contribution in [0.5, 0.6) is 5.75 Å². The van der Waals surface area contributed by atoms with Crippen LogP contribution in [0, 0.1) is 0 Å². The van der Waals surface area contributed by atoms with Crippen LogP contribution in [0.15, 0.2) is 24.3 Å². The smallest absolute Gasteiger partial charge is 0.322 e. The molecule has 1 rings (SSSR count). The van der Waals surface area contributed by atoms with E-state index in [-0.39, 0.29) is 12.2 Å². The van der Waals surface area contributed by atoms with Gasteiger partial charge in [-0.1, -0.05) is 12.1 Å². The molecule has 11 heteroatoms. The highest BCUT2D eigenvalue weighted by atomic mass is 16.4. The summed E-state index contributed by atoms with van der Waals surface area (Å²) in [6.45, 7) is 0.138. The molecule has 0 bridgehead atoms. The van der Waals surface area contributed by atoms with E-state index in [4.69, 9.17) is 15.9 Å². The van der Waals surface area contributed by atoms with Gasteiger partial charge >= 0.3 is 5.97 Å². The molecule has 0 aliphatic heterocycles. The summed E-state index contributed by atoms with van der Waals surface area (Å²) in [5, 5.41) is 33.8. The van der Waals surface area contributed by atoms with Crippen LogP contribution < -0.4 is 21.7 Å². The number of aliphatic hydroxyl groups is 1. The van der Waals surface area contributed by atoms with Crippen molar-refractivity contribution >= 4 is 23.7 Å². The first-order chi connectivity index (χ1) is 13.1. The quantitative estimate of drug-likeness (QED) is 0.225. The second-order valence-electron chi connectivity index (χ2n) is 6.06. The van der Waals surface area contributed by atoms with Crippen LogP contribution in [0.2, 0.25) is 0 Å². The summed E-state index contributed by atoms with van der Waals surface area (Å²) in [5.41, 5.74) is 6.06. The molecule has 154 valence electrons. The van der Waals surface area contributed by atoms with Crippen molar-refractivity contribution in [3.05, 3.63) is 29.8 Å². The summed E-state index contributed by atoms with van der Waals surface area (Å²) in [6, 6.07) is 2.52. The fraction of sp³-hybridized carbons (Fsp3) is 0.412. The monoisotopic (exact) mass is 396 g/mol. The number of aliphatic carboxylic acids is 1. The number of carboxylic acid groups (broad SMARTS) is 1. The van der Waals surface area contributed by atoms with Gasteiger partial charge in [-0.3, -0.25) is 19.2 Å². The van der Waals surface area contributed by atoms with Gasteiger partial charge in [0.25, 0.3) is 0 Å². The van der Waals surface area contributed by atoms with E-state index in [0.717, 1.165) is 0 Å². The molecule has 0 fully saturated rings. The third-order valence-corrected chi connectivity index (χ3v) is 3.71. The first-order valence-electron chi connectivity index (χ1n) is 8.38. The molecule has 0 spiro atoms. The van der Waals surface area contributed by atoms with Gasteiger partial charge in [0.05, 0.1) is 6.61 Å². The van der Waals surface area contributed by atoms with Gasteiger partial charge in [0.15, 0.2) is 0 Å². The Labute approximate surface area is 160 Å². The minimum absolute atomic E-state index is 0.0272. The summed E-state index contributed by atoms with van der Waals surface area (Å²) in [4.78, 5) is 46.8. The first-order valence-corrected chi connectivity index (χ1v) is 8.38. The molecular formula is C17H24N4O7. The van der Waals surface area contributed by atoms with E-state index in [0.29, 0.717) is 5.56 Å². The zero-order valence-corrected chi connectivity index (χ0v) is 15.2. The van der Waals surface area contributed by atoms with Crippen LogP contribution in [0.4, 0.5) is 0 Å². The van der Waals surface area contributed by atoms with E-state index in [1.165, 1.54) is 19.1 Å². The minimum Gasteiger partial charge on any atom is -0.508 e. The van der Waals surface area contributed by atoms with E-state index in [1.54, 1.807) is 12.1 Å². The summed E-state index contributed by atoms with van der Waals surface area (Å²) in [6.07, 6.45) is 0.0272. The number of phenolic OH excluding ortho intramolecular Hbond substituents is 1. The van der Waals surface area contributed by atoms with Gasteiger partial charge in [0, 0.05) is 6.42 Å². The van der Waals surface area contributed by atoms with Gasteiger partial charge < -0.3 is 37.0 Å². The minimum atomic E-state index is -1.23. The predicted molar refractivity (Wildman–Crippen MR) is 97.1 cm³/mol. The number of amides is 3. The molecule has 0 saturated heterocycles. The zero-order valence-electron chi connectivity index (χ0n) is 15.2. The number of hydrogen-bond donors (Lipinski definition) is 7. The number of aromatic hydroxyl groups is 1. The Kier molecular flexibility index (Phi) is 8.85. The highest BCUT2D eigenvalue weighted by Gasteiger charge is 2.26. The lowest BCUT2D eigenvalue weighted by Gasteiger charge is -2.22. The Balaban J connectivity index is 2.85. The lowest BCUT2D eigenvalue weighted by molar-refractivity contribution is -0.138. The predicted octanol–water partition coefficient (Wildman–Crippen LogP) is -2.56. The third-order valence-electron chi connectivity index (χ3n) is 3.71. The second kappa shape index (κ2) is 10.8. The summed E-state index contributed by atoms with van der Waals surface area (Å²) < 4.78 is 0. The number of carboxylic acids is 1. The molecule has 0 heterocycles. The number of carbonyl (C=O) groups excluding carboxylic acids is 3. The molecule has 0 saturated carbocycles. The number of aliphatic hydroxyl groups excluding tert-OH is 1. The van der Waals surface area contributed by atoms with Crippen LogP contribution in [-0.2, 0) is 25.6 Å². The highest BCUT2D eigenvalue weighted by molar-refractivity contribution is 5.93. The van der Waals surface area contributed by atoms with Crippen molar-refractivity contribution in [1.29, 1.82) is 0 Å². The molecule has 3 atom stereocenters. The van der Waals surface area contributed by atoms with Crippen molar-refractivity contribution in [2.75, 3.05) is 13.2 Å². The maximum absolute atomic E-state index is 12.5. The SMILES string of the molecule is CC(NC(=O)C(Cc1ccc(O)cc1)NC(=O)C(N)CO)C(=O)NCC(=O)O. The van der Waals surface area contributed by atoms with Crippen LogP contribution in [0.1, 0.15) is 12.5 Å². The molecule has 1 aromatic rings. The Morgan fingerprint density at radius 3 is 2.18 bits per heavy atom. The summed E-state index contributed by atoms with van der Waals surface area (Å²) in [7, 11) is 0. The molecule has 0 aliphatic rings. The maximum Gasteiger partial charge on any atom is 0.322 e. The van der Waals surface area contributed by atoms with Crippen LogP contribution in [-0.4, -0.2) is 70.3 Å². The topological polar surface area (TPSA) is 191 Å². The van der Waals surface area contributed by atoms with Crippen molar-refractivity contribution < 1.29 is 34.5 Å². The lowest BCUT2D eigenvalue weighted by atomic mass is 10.0. The fourth-order valence-corrected chi connectivity index (χ4v) is 2.13. The number of benzene rings is 1. The van der Waals surface area contributed by atoms with Crippen molar-refractivity contribution in [1.82, 2.24) is 16.0 Å². The van der Waals surface area contributed by atoms with Crippen molar-refractivity contribution in [3.63, 3.8) is 0 Å². The molecule has 0 radical (unpaired) electrons. The van der Waals surface area contributed by atoms with Gasteiger partial charge in [0.1, 0.15) is 30.4 Å². The molecule has 8 N–H and O–H groups in total. The second-order valence-corrected chi connectivity index (χ2v) is 6.06. The number of nitrogens with one attached hydrogen (secondary N) is 3. The van der Waals surface area contributed by atoms with Crippen molar-refractivity contribution in [3.8, 4) is 5.75 Å². The maximum atomic E-state index is 12.5. The van der Waals surface area contributed by atoms with Crippen molar-refractivity contribution in [2.24, 2.45) is 5.73 Å². The molecule has 0 aromatic heterocycles. The highest BCUT2D eigenvalue weighted by Crippen LogP contribution is 2.11. The van der Waals surface area contributed by atoms with Gasteiger partial charge in [-0.25, -0.2) is 0 Å². The van der Waals surface area contributed by atoms with Gasteiger partial charge in [-0.2, -0.15) is 0 Å². The molecule has 1 aromatic carbocycles. The normalized spacial score (nSPS) is 13.7. The molecule has 0 aliphatic carbocycles. The lowest BCUT2D eigenvalue weighted by Crippen LogP contribution is -2.56. The fourth-order valence-electron chi connectivity index (χ4n) is 2.13.